The summed E-state index contributed by atoms with van der Waals surface area (Å²) in [6.45, 7) is 0. The predicted molar refractivity (Wildman–Crippen MR) is 82.1 cm³/mol. The summed E-state index contributed by atoms with van der Waals surface area (Å²) in [5, 5.41) is 1.32. The third-order valence-corrected chi connectivity index (χ3v) is 4.15. The van der Waals surface area contributed by atoms with Crippen LogP contribution in [0, 0.1) is 23.3 Å². The normalized spacial score (nSPS) is 15.2. The number of hydrogen-bond donors (Lipinski definition) is 1. The van der Waals surface area contributed by atoms with Crippen molar-refractivity contribution in [3.63, 3.8) is 0 Å². The van der Waals surface area contributed by atoms with Crippen LogP contribution in [0.15, 0.2) is 36.0 Å². The third-order valence-electron chi connectivity index (χ3n) is 4.15. The molecule has 158 valence electrons. The number of ketones is 1. The van der Waals surface area contributed by atoms with E-state index in [1.54, 1.807) is 0 Å². The average Bonchev–Trinajstić information content (AvgIpc) is 2.91. The molecule has 0 radical (unpaired) electrons. The Kier molecular flexibility index (Phi) is 4.91. The van der Waals surface area contributed by atoms with Crippen LogP contribution < -0.4 is 5.32 Å². The summed E-state index contributed by atoms with van der Waals surface area (Å²) in [5.74, 6) is -20.4. The van der Waals surface area contributed by atoms with E-state index in [9.17, 15) is 49.1 Å². The number of alkyl halides is 5. The molecule has 1 aliphatic carbocycles. The summed E-state index contributed by atoms with van der Waals surface area (Å²) in [6.07, 6.45) is -5.90. The van der Waals surface area contributed by atoms with Gasteiger partial charge in [0, 0.05) is 11.1 Å². The van der Waals surface area contributed by atoms with Crippen LogP contribution in [0.4, 0.5) is 39.5 Å². The van der Waals surface area contributed by atoms with Crippen molar-refractivity contribution >= 4 is 17.3 Å². The first-order valence-corrected chi connectivity index (χ1v) is 7.77. The van der Waals surface area contributed by atoms with Crippen molar-refractivity contribution in [2.45, 2.75) is 12.1 Å². The lowest BCUT2D eigenvalue weighted by Crippen LogP contribution is -2.33. The molecule has 30 heavy (non-hydrogen) atoms. The van der Waals surface area contributed by atoms with Crippen molar-refractivity contribution in [3.05, 3.63) is 76.0 Å². The van der Waals surface area contributed by atoms with E-state index in [0.717, 1.165) is 12.1 Å². The van der Waals surface area contributed by atoms with Crippen LogP contribution in [0.2, 0.25) is 0 Å². The Balaban J connectivity index is 2.32. The van der Waals surface area contributed by atoms with Crippen LogP contribution in [0.1, 0.15) is 21.5 Å². The van der Waals surface area contributed by atoms with E-state index in [4.69, 9.17) is 0 Å². The van der Waals surface area contributed by atoms with Gasteiger partial charge in [0.15, 0.2) is 23.3 Å². The van der Waals surface area contributed by atoms with Crippen LogP contribution in [0.25, 0.3) is 5.57 Å². The number of rotatable bonds is 3. The van der Waals surface area contributed by atoms with Gasteiger partial charge in [0.1, 0.15) is 5.70 Å². The molecule has 0 aliphatic heterocycles. The van der Waals surface area contributed by atoms with E-state index in [2.05, 4.69) is 0 Å². The van der Waals surface area contributed by atoms with Crippen LogP contribution in [-0.4, -0.2) is 17.9 Å². The summed E-state index contributed by atoms with van der Waals surface area (Å²) in [4.78, 5) is 23.9. The first-order chi connectivity index (χ1) is 13.8. The summed E-state index contributed by atoms with van der Waals surface area (Å²) >= 11 is 0. The molecule has 1 N–H and O–H groups in total. The van der Waals surface area contributed by atoms with E-state index >= 15 is 0 Å². The van der Waals surface area contributed by atoms with E-state index in [1.807, 2.05) is 0 Å². The smallest absolute Gasteiger partial charge is 0.319 e. The highest BCUT2D eigenvalue weighted by Crippen LogP contribution is 2.52. The molecule has 0 atom stereocenters. The molecule has 0 fully saturated rings. The molecule has 1 amide bonds. The molecular weight excluding hydrogens is 433 g/mol. The zero-order valence-corrected chi connectivity index (χ0v) is 14.1. The minimum Gasteiger partial charge on any atom is -0.319 e. The first kappa shape index (κ1) is 21.4. The Bertz CT molecular complexity index is 1110. The molecule has 2 aromatic rings. The van der Waals surface area contributed by atoms with Crippen LogP contribution in [-0.2, 0) is 10.7 Å². The topological polar surface area (TPSA) is 46.2 Å². The number of allylic oxidation sites excluding steroid dienone is 2. The van der Waals surface area contributed by atoms with Gasteiger partial charge >= 0.3 is 12.1 Å². The fourth-order valence-electron chi connectivity index (χ4n) is 2.85. The summed E-state index contributed by atoms with van der Waals surface area (Å²) in [5.41, 5.74) is -9.22. The van der Waals surface area contributed by atoms with Gasteiger partial charge in [-0.3, -0.25) is 9.59 Å². The second kappa shape index (κ2) is 6.89. The molecular formula is C18H6F9NO2. The summed E-state index contributed by atoms with van der Waals surface area (Å²) in [7, 11) is 0. The van der Waals surface area contributed by atoms with Gasteiger partial charge in [-0.1, -0.05) is 18.2 Å². The fraction of sp³-hybridized carbons (Fsp3) is 0.111. The predicted octanol–water partition coefficient (Wildman–Crippen LogP) is 4.62. The highest BCUT2D eigenvalue weighted by molar-refractivity contribution is 6.26. The van der Waals surface area contributed by atoms with Crippen LogP contribution in [0.3, 0.4) is 0 Å². The summed E-state index contributed by atoms with van der Waals surface area (Å²) < 4.78 is 124. The molecule has 0 aromatic heterocycles. The monoisotopic (exact) mass is 439 g/mol. The van der Waals surface area contributed by atoms with Crippen molar-refractivity contribution in [1.29, 1.82) is 0 Å². The standard InChI is InChI=1S/C18H6F9NO2/c19-10-7-8(15(29)18(25,26)27)14(28-16(30)6-4-2-1-3-5-6)17(23,24)9(7)11(20)13(22)12(10)21/h1-5H,(H,28,30). The number of carbonyl (C=O) groups excluding carboxylic acids is 2. The largest absolute Gasteiger partial charge is 0.454 e. The zero-order valence-electron chi connectivity index (χ0n) is 14.1. The number of nitrogens with one attached hydrogen (secondary N) is 1. The van der Waals surface area contributed by atoms with Gasteiger partial charge < -0.3 is 5.32 Å². The maximum atomic E-state index is 14.7. The van der Waals surface area contributed by atoms with Crippen molar-refractivity contribution in [3.8, 4) is 0 Å². The lowest BCUT2D eigenvalue weighted by atomic mass is 9.99. The number of benzene rings is 2. The van der Waals surface area contributed by atoms with Crippen molar-refractivity contribution < 1.29 is 49.1 Å². The molecule has 12 heteroatoms. The SMILES string of the molecule is O=C(NC1=C(C(=O)C(F)(F)F)c2c(F)c(F)c(F)c(F)c2C1(F)F)c1ccccc1. The van der Waals surface area contributed by atoms with Crippen molar-refractivity contribution in [2.75, 3.05) is 0 Å². The highest BCUT2D eigenvalue weighted by atomic mass is 19.4. The molecule has 0 spiro atoms. The molecule has 1 aliphatic rings. The number of carbonyl (C=O) groups is 2. The van der Waals surface area contributed by atoms with Gasteiger partial charge in [0.2, 0.25) is 0 Å². The number of amides is 1. The first-order valence-electron chi connectivity index (χ1n) is 7.77. The molecule has 3 nitrogen and oxygen atoms in total. The Labute approximate surface area is 160 Å². The number of halogens is 9. The maximum Gasteiger partial charge on any atom is 0.454 e. The molecule has 0 saturated heterocycles. The second-order valence-electron chi connectivity index (χ2n) is 5.98. The Morgan fingerprint density at radius 3 is 1.90 bits per heavy atom. The van der Waals surface area contributed by atoms with Gasteiger partial charge in [-0.2, -0.15) is 22.0 Å². The molecule has 0 bridgehead atoms. The minimum absolute atomic E-state index is 0.367. The second-order valence-corrected chi connectivity index (χ2v) is 5.98. The van der Waals surface area contributed by atoms with E-state index in [-0.39, 0.29) is 5.56 Å². The zero-order chi connectivity index (χ0) is 22.6. The van der Waals surface area contributed by atoms with Crippen molar-refractivity contribution in [1.82, 2.24) is 5.32 Å². The molecule has 0 saturated carbocycles. The highest BCUT2D eigenvalue weighted by Gasteiger charge is 2.57. The number of Topliss-reactive ketones (excluding diaryl/α,β-unsaturated/α-hetero) is 1. The van der Waals surface area contributed by atoms with Crippen molar-refractivity contribution in [2.24, 2.45) is 0 Å². The Morgan fingerprint density at radius 2 is 1.37 bits per heavy atom. The lowest BCUT2D eigenvalue weighted by molar-refractivity contribution is -0.164. The van der Waals surface area contributed by atoms with E-state index in [0.29, 0.717) is 0 Å². The van der Waals surface area contributed by atoms with Gasteiger partial charge in [0.25, 0.3) is 11.7 Å². The lowest BCUT2D eigenvalue weighted by Gasteiger charge is -2.18. The average molecular weight is 439 g/mol. The Hall–Kier alpha value is -3.31. The van der Waals surface area contributed by atoms with Gasteiger partial charge in [0.05, 0.1) is 11.1 Å². The molecule has 3 rings (SSSR count). The molecule has 2 aromatic carbocycles. The molecule has 0 unspecified atom stereocenters. The van der Waals surface area contributed by atoms with Gasteiger partial charge in [-0.15, -0.1) is 0 Å². The third kappa shape index (κ3) is 3.12. The van der Waals surface area contributed by atoms with Crippen LogP contribution >= 0.6 is 0 Å². The van der Waals surface area contributed by atoms with E-state index < -0.39 is 69.5 Å². The number of hydrogen-bond acceptors (Lipinski definition) is 2. The Morgan fingerprint density at radius 1 is 0.833 bits per heavy atom. The minimum atomic E-state index is -5.90. The fourth-order valence-corrected chi connectivity index (χ4v) is 2.85. The molecule has 0 heterocycles. The van der Waals surface area contributed by atoms with Gasteiger partial charge in [-0.25, -0.2) is 17.6 Å². The quantitative estimate of drug-likeness (QED) is 0.431. The van der Waals surface area contributed by atoms with E-state index in [1.165, 1.54) is 23.5 Å². The number of fused-ring (bicyclic) bond motifs is 1. The summed E-state index contributed by atoms with van der Waals surface area (Å²) in [6, 6.07) is 6.04. The van der Waals surface area contributed by atoms with Crippen LogP contribution in [0.5, 0.6) is 0 Å². The maximum absolute atomic E-state index is 14.7. The van der Waals surface area contributed by atoms with Gasteiger partial charge in [-0.05, 0) is 12.1 Å².